The minimum atomic E-state index is -0.225. The van der Waals surface area contributed by atoms with E-state index in [0.29, 0.717) is 6.29 Å². The molecule has 1 aliphatic carbocycles. The van der Waals surface area contributed by atoms with E-state index >= 15 is 0 Å². The Bertz CT molecular complexity index is 623. The van der Waals surface area contributed by atoms with Crippen molar-refractivity contribution in [2.45, 2.75) is 0 Å². The first-order chi connectivity index (χ1) is 8.63. The molecule has 0 bridgehead atoms. The third kappa shape index (κ3) is 1.51. The standard InChI is InChI=1S/C13H12NO2S2/c1-17-5-3-14-4-6-18(2)13-11(14)10(17)7-9(8-15)12(13)16/h3-8H,1-2H3/q+1. The molecule has 0 aromatic carbocycles. The predicted octanol–water partition coefficient (Wildman–Crippen LogP) is 1.50. The SMILES string of the molecule is CS1=C2C(=O)C(C=O)=CC3=C2N(C=C1)C=C[S+]3C. The van der Waals surface area contributed by atoms with Crippen LogP contribution in [0.4, 0.5) is 0 Å². The Morgan fingerprint density at radius 1 is 1.39 bits per heavy atom. The number of allylic oxidation sites excluding steroid dienone is 3. The topological polar surface area (TPSA) is 37.4 Å². The van der Waals surface area contributed by atoms with Gasteiger partial charge in [-0.05, 0) is 11.7 Å². The molecular formula is C13H12NO2S2+. The van der Waals surface area contributed by atoms with Crippen molar-refractivity contribution >= 4 is 38.3 Å². The van der Waals surface area contributed by atoms with Gasteiger partial charge in [-0.3, -0.25) is 9.59 Å². The Morgan fingerprint density at radius 3 is 2.89 bits per heavy atom. The first-order valence-corrected chi connectivity index (χ1v) is 8.80. The minimum Gasteiger partial charge on any atom is -0.314 e. The molecular weight excluding hydrogens is 266 g/mol. The molecule has 0 N–H and O–H groups in total. The molecule has 2 heterocycles. The van der Waals surface area contributed by atoms with Crippen LogP contribution >= 0.6 is 10.5 Å². The molecule has 2 atom stereocenters. The lowest BCUT2D eigenvalue weighted by Gasteiger charge is -2.30. The fraction of sp³-hybridized carbons (Fsp3) is 0.154. The fourth-order valence-corrected chi connectivity index (χ4v) is 4.89. The molecule has 3 rings (SSSR count). The maximum absolute atomic E-state index is 12.3. The number of nitrogens with zero attached hydrogens (tertiary/aromatic N) is 1. The van der Waals surface area contributed by atoms with Crippen LogP contribution in [0.3, 0.4) is 0 Å². The van der Waals surface area contributed by atoms with Crippen molar-refractivity contribution in [2.24, 2.45) is 0 Å². The summed E-state index contributed by atoms with van der Waals surface area (Å²) in [6.07, 6.45) is 10.6. The van der Waals surface area contributed by atoms with E-state index in [1.54, 1.807) is 6.08 Å². The molecule has 0 aromatic heterocycles. The highest BCUT2D eigenvalue weighted by atomic mass is 32.2. The van der Waals surface area contributed by atoms with E-state index in [2.05, 4.69) is 11.7 Å². The summed E-state index contributed by atoms with van der Waals surface area (Å²) >= 11 is 0. The number of carbonyl (C=O) groups excluding carboxylic acids is 2. The van der Waals surface area contributed by atoms with E-state index < -0.39 is 0 Å². The summed E-state index contributed by atoms with van der Waals surface area (Å²) in [5.41, 5.74) is 1.28. The van der Waals surface area contributed by atoms with Crippen LogP contribution in [0.5, 0.6) is 0 Å². The van der Waals surface area contributed by atoms with Gasteiger partial charge in [-0.1, -0.05) is 0 Å². The van der Waals surface area contributed by atoms with Gasteiger partial charge in [0.25, 0.3) is 0 Å². The molecule has 0 radical (unpaired) electrons. The number of hydrogen-bond donors (Lipinski definition) is 0. The summed E-state index contributed by atoms with van der Waals surface area (Å²) in [4.78, 5) is 27.2. The van der Waals surface area contributed by atoms with E-state index in [-0.39, 0.29) is 32.7 Å². The highest BCUT2D eigenvalue weighted by Crippen LogP contribution is 2.37. The molecule has 18 heavy (non-hydrogen) atoms. The molecule has 0 saturated carbocycles. The van der Waals surface area contributed by atoms with Gasteiger partial charge in [0.05, 0.1) is 27.5 Å². The van der Waals surface area contributed by atoms with Crippen LogP contribution in [0.1, 0.15) is 0 Å². The van der Waals surface area contributed by atoms with Crippen molar-refractivity contribution in [1.29, 1.82) is 0 Å². The first kappa shape index (κ1) is 11.7. The third-order valence-electron chi connectivity index (χ3n) is 3.11. The zero-order valence-corrected chi connectivity index (χ0v) is 11.7. The van der Waals surface area contributed by atoms with Gasteiger partial charge in [-0.25, -0.2) is 0 Å². The van der Waals surface area contributed by atoms with Crippen molar-refractivity contribution in [3.05, 3.63) is 45.5 Å². The Morgan fingerprint density at radius 2 is 2.17 bits per heavy atom. The number of carbonyl (C=O) groups is 2. The number of aldehydes is 1. The fourth-order valence-electron chi connectivity index (χ4n) is 2.16. The molecule has 2 unspecified atom stereocenters. The molecule has 2 aliphatic heterocycles. The van der Waals surface area contributed by atoms with Crippen LogP contribution in [-0.2, 0) is 20.5 Å². The molecule has 92 valence electrons. The quantitative estimate of drug-likeness (QED) is 0.316. The maximum atomic E-state index is 12.3. The van der Waals surface area contributed by atoms with E-state index in [0.717, 1.165) is 15.5 Å². The van der Waals surface area contributed by atoms with Crippen molar-refractivity contribution in [3.8, 4) is 0 Å². The summed E-state index contributed by atoms with van der Waals surface area (Å²) in [5.74, 6) is -0.115. The van der Waals surface area contributed by atoms with Gasteiger partial charge in [0.2, 0.25) is 5.78 Å². The minimum absolute atomic E-state index is 0.0484. The molecule has 0 aromatic rings. The number of Topliss-reactive ketones (excluding diaryl/α,β-unsaturated/α-hetero) is 1. The third-order valence-corrected chi connectivity index (χ3v) is 6.20. The van der Waals surface area contributed by atoms with Crippen LogP contribution < -0.4 is 0 Å². The van der Waals surface area contributed by atoms with Crippen LogP contribution in [0.15, 0.2) is 45.5 Å². The van der Waals surface area contributed by atoms with E-state index in [9.17, 15) is 9.59 Å². The average Bonchev–Trinajstić information content (AvgIpc) is 2.37. The largest absolute Gasteiger partial charge is 0.314 e. The normalized spacial score (nSPS) is 29.4. The Labute approximate surface area is 111 Å². The Kier molecular flexibility index (Phi) is 2.68. The van der Waals surface area contributed by atoms with Gasteiger partial charge in [-0.2, -0.15) is 10.5 Å². The van der Waals surface area contributed by atoms with Gasteiger partial charge < -0.3 is 4.90 Å². The number of rotatable bonds is 1. The van der Waals surface area contributed by atoms with E-state index in [1.165, 1.54) is 0 Å². The van der Waals surface area contributed by atoms with Crippen LogP contribution in [0, 0.1) is 0 Å². The summed E-state index contributed by atoms with van der Waals surface area (Å²) in [6.45, 7) is 0. The predicted molar refractivity (Wildman–Crippen MR) is 78.1 cm³/mol. The smallest absolute Gasteiger partial charge is 0.204 e. The first-order valence-electron chi connectivity index (χ1n) is 5.41. The van der Waals surface area contributed by atoms with Crippen LogP contribution in [0.25, 0.3) is 0 Å². The molecule has 5 heteroatoms. The molecule has 0 spiro atoms. The molecule has 0 saturated heterocycles. The van der Waals surface area contributed by atoms with Gasteiger partial charge >= 0.3 is 0 Å². The van der Waals surface area contributed by atoms with Gasteiger partial charge in [0, 0.05) is 12.3 Å². The Hall–Kier alpha value is -1.33. The van der Waals surface area contributed by atoms with Crippen molar-refractivity contribution < 1.29 is 9.59 Å². The highest BCUT2D eigenvalue weighted by Gasteiger charge is 2.39. The monoisotopic (exact) mass is 278 g/mol. The zero-order valence-electron chi connectivity index (χ0n) is 10.0. The second-order valence-corrected chi connectivity index (χ2v) is 7.80. The second-order valence-electron chi connectivity index (χ2n) is 4.18. The second kappa shape index (κ2) is 4.10. The van der Waals surface area contributed by atoms with Crippen molar-refractivity contribution in [1.82, 2.24) is 4.90 Å². The lowest BCUT2D eigenvalue weighted by Crippen LogP contribution is -2.35. The van der Waals surface area contributed by atoms with E-state index in [1.807, 2.05) is 29.0 Å². The summed E-state index contributed by atoms with van der Waals surface area (Å²) in [6, 6.07) is 0. The van der Waals surface area contributed by atoms with E-state index in [4.69, 9.17) is 0 Å². The lowest BCUT2D eigenvalue weighted by atomic mass is 10.0. The molecule has 0 amide bonds. The van der Waals surface area contributed by atoms with Crippen molar-refractivity contribution in [2.75, 3.05) is 12.5 Å². The molecule has 3 aliphatic rings. The van der Waals surface area contributed by atoms with Gasteiger partial charge in [0.1, 0.15) is 17.4 Å². The summed E-state index contributed by atoms with van der Waals surface area (Å²) in [7, 11) is -0.274. The summed E-state index contributed by atoms with van der Waals surface area (Å²) < 4.78 is 0. The molecule has 0 fully saturated rings. The average molecular weight is 278 g/mol. The van der Waals surface area contributed by atoms with Gasteiger partial charge in [-0.15, -0.1) is 0 Å². The number of hydrogen-bond acceptors (Lipinski definition) is 3. The molecule has 3 nitrogen and oxygen atoms in total. The Balaban J connectivity index is 2.31. The van der Waals surface area contributed by atoms with Crippen LogP contribution in [0.2, 0.25) is 0 Å². The summed E-state index contributed by atoms with van der Waals surface area (Å²) in [5, 5.41) is 4.13. The lowest BCUT2D eigenvalue weighted by molar-refractivity contribution is -0.112. The van der Waals surface area contributed by atoms with Gasteiger partial charge in [0.15, 0.2) is 11.2 Å². The number of ketones is 1. The van der Waals surface area contributed by atoms with Crippen molar-refractivity contribution in [3.63, 3.8) is 0 Å². The zero-order chi connectivity index (χ0) is 12.9. The highest BCUT2D eigenvalue weighted by molar-refractivity contribution is 8.19. The van der Waals surface area contributed by atoms with Crippen LogP contribution in [-0.4, -0.2) is 34.3 Å². The maximum Gasteiger partial charge on any atom is 0.204 e.